The third-order valence-electron chi connectivity index (χ3n) is 4.16. The van der Waals surface area contributed by atoms with Gasteiger partial charge in [0, 0.05) is 57.5 Å². The zero-order valence-electron chi connectivity index (χ0n) is 14.9. The molecule has 0 aliphatic carbocycles. The van der Waals surface area contributed by atoms with Crippen LogP contribution >= 0.6 is 0 Å². The van der Waals surface area contributed by atoms with Crippen molar-refractivity contribution < 1.29 is 9.59 Å². The maximum absolute atomic E-state index is 11.4. The Balaban J connectivity index is 1.68. The molecule has 0 unspecified atom stereocenters. The first-order valence-electron chi connectivity index (χ1n) is 8.48. The Hall–Kier alpha value is -3.16. The molecule has 8 nitrogen and oxygen atoms in total. The average molecular weight is 354 g/mol. The average Bonchev–Trinajstić information content (AvgIpc) is 2.62. The molecule has 1 saturated heterocycles. The number of amides is 2. The molecule has 1 aliphatic heterocycles. The quantitative estimate of drug-likeness (QED) is 0.871. The smallest absolute Gasteiger partial charge is 0.221 e. The van der Waals surface area contributed by atoms with Crippen molar-refractivity contribution in [3.05, 3.63) is 36.7 Å². The molecule has 0 saturated carbocycles. The Labute approximate surface area is 152 Å². The SMILES string of the molecule is CC(=O)Nc1cccc(Nc2cc(N3CCN(C(C)=O)CC3)ncn2)c1. The highest BCUT2D eigenvalue weighted by molar-refractivity contribution is 5.89. The normalized spacial score (nSPS) is 14.1. The predicted octanol–water partition coefficient (Wildman–Crippen LogP) is 1.85. The van der Waals surface area contributed by atoms with Crippen LogP contribution in [0.1, 0.15) is 13.8 Å². The van der Waals surface area contributed by atoms with E-state index in [9.17, 15) is 9.59 Å². The van der Waals surface area contributed by atoms with E-state index in [0.29, 0.717) is 18.9 Å². The van der Waals surface area contributed by atoms with Crippen LogP contribution < -0.4 is 15.5 Å². The molecule has 1 fully saturated rings. The lowest BCUT2D eigenvalue weighted by molar-refractivity contribution is -0.129. The monoisotopic (exact) mass is 354 g/mol. The number of aromatic nitrogens is 2. The van der Waals surface area contributed by atoms with Gasteiger partial charge in [0.25, 0.3) is 0 Å². The van der Waals surface area contributed by atoms with Crippen molar-refractivity contribution in [3.8, 4) is 0 Å². The fourth-order valence-electron chi connectivity index (χ4n) is 2.86. The standard InChI is InChI=1S/C18H22N6O2/c1-13(25)21-15-4-3-5-16(10-15)22-17-11-18(20-12-19-17)24-8-6-23(7-9-24)14(2)26/h3-5,10-12H,6-9H2,1-2H3,(H,21,25)(H,19,20,22). The minimum Gasteiger partial charge on any atom is -0.353 e. The van der Waals surface area contributed by atoms with Gasteiger partial charge in [-0.25, -0.2) is 9.97 Å². The number of carbonyl (C=O) groups is 2. The van der Waals surface area contributed by atoms with E-state index in [1.54, 1.807) is 6.92 Å². The summed E-state index contributed by atoms with van der Waals surface area (Å²) in [6, 6.07) is 9.31. The summed E-state index contributed by atoms with van der Waals surface area (Å²) in [6.45, 7) is 5.95. The second-order valence-electron chi connectivity index (χ2n) is 6.14. The minimum atomic E-state index is -0.115. The first-order valence-corrected chi connectivity index (χ1v) is 8.48. The van der Waals surface area contributed by atoms with Crippen LogP contribution in [0.3, 0.4) is 0 Å². The number of benzene rings is 1. The van der Waals surface area contributed by atoms with Gasteiger partial charge in [0.2, 0.25) is 11.8 Å². The molecule has 26 heavy (non-hydrogen) atoms. The first-order chi connectivity index (χ1) is 12.5. The van der Waals surface area contributed by atoms with Gasteiger partial charge in [0.15, 0.2) is 0 Å². The zero-order valence-corrected chi connectivity index (χ0v) is 14.9. The van der Waals surface area contributed by atoms with Gasteiger partial charge in [-0.05, 0) is 18.2 Å². The number of hydrogen-bond donors (Lipinski definition) is 2. The molecule has 0 spiro atoms. The van der Waals surface area contributed by atoms with E-state index in [1.165, 1.54) is 13.3 Å². The van der Waals surface area contributed by atoms with E-state index >= 15 is 0 Å². The van der Waals surface area contributed by atoms with Crippen LogP contribution in [-0.2, 0) is 9.59 Å². The van der Waals surface area contributed by atoms with Crippen LogP contribution in [0, 0.1) is 0 Å². The maximum Gasteiger partial charge on any atom is 0.221 e. The fourth-order valence-corrected chi connectivity index (χ4v) is 2.86. The molecule has 2 amide bonds. The number of nitrogens with zero attached hydrogens (tertiary/aromatic N) is 4. The van der Waals surface area contributed by atoms with Gasteiger partial charge in [-0.1, -0.05) is 6.07 Å². The Kier molecular flexibility index (Phi) is 5.31. The van der Waals surface area contributed by atoms with Gasteiger partial charge in [0.1, 0.15) is 18.0 Å². The van der Waals surface area contributed by atoms with Crippen LogP contribution in [0.2, 0.25) is 0 Å². The number of piperazine rings is 1. The number of nitrogens with one attached hydrogen (secondary N) is 2. The van der Waals surface area contributed by atoms with Gasteiger partial charge in [-0.2, -0.15) is 0 Å². The van der Waals surface area contributed by atoms with Crippen LogP contribution in [0.4, 0.5) is 23.0 Å². The summed E-state index contributed by atoms with van der Waals surface area (Å²) in [4.78, 5) is 35.2. The molecule has 0 radical (unpaired) electrons. The first kappa shape index (κ1) is 17.7. The number of anilines is 4. The highest BCUT2D eigenvalue weighted by atomic mass is 16.2. The summed E-state index contributed by atoms with van der Waals surface area (Å²) in [5, 5.41) is 5.99. The Morgan fingerprint density at radius 3 is 2.42 bits per heavy atom. The van der Waals surface area contributed by atoms with E-state index in [2.05, 4.69) is 25.5 Å². The lowest BCUT2D eigenvalue weighted by Gasteiger charge is -2.34. The van der Waals surface area contributed by atoms with E-state index < -0.39 is 0 Å². The predicted molar refractivity (Wildman–Crippen MR) is 101 cm³/mol. The van der Waals surface area contributed by atoms with Gasteiger partial charge >= 0.3 is 0 Å². The molecule has 136 valence electrons. The molecule has 1 aliphatic rings. The molecule has 2 aromatic rings. The van der Waals surface area contributed by atoms with Gasteiger partial charge < -0.3 is 20.4 Å². The van der Waals surface area contributed by atoms with Crippen molar-refractivity contribution >= 4 is 34.8 Å². The summed E-state index contributed by atoms with van der Waals surface area (Å²) >= 11 is 0. The van der Waals surface area contributed by atoms with Gasteiger partial charge in [-0.3, -0.25) is 9.59 Å². The Morgan fingerprint density at radius 2 is 1.73 bits per heavy atom. The number of rotatable bonds is 4. The summed E-state index contributed by atoms with van der Waals surface area (Å²) in [5.74, 6) is 1.48. The summed E-state index contributed by atoms with van der Waals surface area (Å²) in [7, 11) is 0. The van der Waals surface area contributed by atoms with E-state index in [1.807, 2.05) is 35.2 Å². The highest BCUT2D eigenvalue weighted by Gasteiger charge is 2.19. The molecule has 2 heterocycles. The van der Waals surface area contributed by atoms with Crippen molar-refractivity contribution in [1.82, 2.24) is 14.9 Å². The highest BCUT2D eigenvalue weighted by Crippen LogP contribution is 2.22. The van der Waals surface area contributed by atoms with Crippen LogP contribution in [0.5, 0.6) is 0 Å². The molecule has 3 rings (SSSR count). The third-order valence-corrected chi connectivity index (χ3v) is 4.16. The maximum atomic E-state index is 11.4. The van der Waals surface area contributed by atoms with E-state index in [4.69, 9.17) is 0 Å². The second-order valence-corrected chi connectivity index (χ2v) is 6.14. The molecular formula is C18H22N6O2. The van der Waals surface area contributed by atoms with E-state index in [-0.39, 0.29) is 11.8 Å². The lowest BCUT2D eigenvalue weighted by atomic mass is 10.2. The summed E-state index contributed by atoms with van der Waals surface area (Å²) in [6.07, 6.45) is 1.52. The zero-order chi connectivity index (χ0) is 18.5. The molecule has 0 atom stereocenters. The van der Waals surface area contributed by atoms with Crippen molar-refractivity contribution in [2.75, 3.05) is 41.7 Å². The molecule has 8 heteroatoms. The summed E-state index contributed by atoms with van der Waals surface area (Å²) in [5.41, 5.74) is 1.54. The van der Waals surface area contributed by atoms with Crippen LogP contribution in [0.25, 0.3) is 0 Å². The Morgan fingerprint density at radius 1 is 1.00 bits per heavy atom. The van der Waals surface area contributed by atoms with Crippen LogP contribution in [0.15, 0.2) is 36.7 Å². The molecular weight excluding hydrogens is 332 g/mol. The number of hydrogen-bond acceptors (Lipinski definition) is 6. The third kappa shape index (κ3) is 4.47. The molecule has 1 aromatic carbocycles. The van der Waals surface area contributed by atoms with Crippen LogP contribution in [-0.4, -0.2) is 52.9 Å². The van der Waals surface area contributed by atoms with Crippen molar-refractivity contribution in [1.29, 1.82) is 0 Å². The topological polar surface area (TPSA) is 90.5 Å². The Bertz CT molecular complexity index is 802. The lowest BCUT2D eigenvalue weighted by Crippen LogP contribution is -2.48. The largest absolute Gasteiger partial charge is 0.353 e. The van der Waals surface area contributed by atoms with Gasteiger partial charge in [-0.15, -0.1) is 0 Å². The molecule has 0 bridgehead atoms. The van der Waals surface area contributed by atoms with Crippen molar-refractivity contribution in [3.63, 3.8) is 0 Å². The van der Waals surface area contributed by atoms with Crippen molar-refractivity contribution in [2.45, 2.75) is 13.8 Å². The second kappa shape index (κ2) is 7.81. The fraction of sp³-hybridized carbons (Fsp3) is 0.333. The summed E-state index contributed by atoms with van der Waals surface area (Å²) < 4.78 is 0. The minimum absolute atomic E-state index is 0.105. The molecule has 1 aromatic heterocycles. The van der Waals surface area contributed by atoms with Crippen molar-refractivity contribution in [2.24, 2.45) is 0 Å². The van der Waals surface area contributed by atoms with Gasteiger partial charge in [0.05, 0.1) is 0 Å². The van der Waals surface area contributed by atoms with E-state index in [0.717, 1.165) is 30.3 Å². The molecule has 2 N–H and O–H groups in total. The number of carbonyl (C=O) groups excluding carboxylic acids is 2.